The molecule has 0 fully saturated rings. The number of nitrogen functional groups attached to an aromatic ring is 1. The van der Waals surface area contributed by atoms with Crippen LogP contribution in [-0.2, 0) is 0 Å². The average Bonchev–Trinajstić information content (AvgIpc) is 2.62. The molecule has 2 aromatic rings. The number of aromatic nitrogens is 2. The van der Waals surface area contributed by atoms with Crippen LogP contribution in [0.3, 0.4) is 0 Å². The predicted octanol–water partition coefficient (Wildman–Crippen LogP) is 2.69. The summed E-state index contributed by atoms with van der Waals surface area (Å²) in [5.41, 5.74) is 5.69. The highest BCUT2D eigenvalue weighted by molar-refractivity contribution is 7.99. The molecule has 1 amide bonds. The van der Waals surface area contributed by atoms with E-state index in [0.717, 1.165) is 25.4 Å². The monoisotopic (exact) mass is 395 g/mol. The van der Waals surface area contributed by atoms with E-state index in [4.69, 9.17) is 17.3 Å². The van der Waals surface area contributed by atoms with Crippen LogP contribution in [0.5, 0.6) is 0 Å². The number of carbonyl (C=O) groups is 1. The molecule has 1 heterocycles. The van der Waals surface area contributed by atoms with Gasteiger partial charge in [0.2, 0.25) is 0 Å². The molecule has 0 aliphatic heterocycles. The van der Waals surface area contributed by atoms with Crippen molar-refractivity contribution in [3.8, 4) is 0 Å². The van der Waals surface area contributed by atoms with E-state index in [-0.39, 0.29) is 11.5 Å². The quantitative estimate of drug-likeness (QED) is 0.469. The standard InChI is InChI=1S/C17H22ClN5O2S/c1-3-23(4-2)9-10-26-17-21-14(19)13(16(25)22-17)20-15(24)11-5-7-12(18)8-6-11/h5-8H,3-4,9-10H2,1-2H3,(H,20,24)(H3,19,21,22,25). The number of hydrogen-bond acceptors (Lipinski definition) is 6. The van der Waals surface area contributed by atoms with Gasteiger partial charge in [-0.05, 0) is 37.4 Å². The average molecular weight is 396 g/mol. The number of amides is 1. The van der Waals surface area contributed by atoms with Crippen LogP contribution in [0, 0.1) is 0 Å². The Morgan fingerprint density at radius 3 is 2.54 bits per heavy atom. The van der Waals surface area contributed by atoms with E-state index in [1.807, 2.05) is 0 Å². The molecule has 4 N–H and O–H groups in total. The van der Waals surface area contributed by atoms with Crippen LogP contribution in [0.1, 0.15) is 24.2 Å². The summed E-state index contributed by atoms with van der Waals surface area (Å²) < 4.78 is 0. The second-order valence-electron chi connectivity index (χ2n) is 5.47. The Kier molecular flexibility index (Phi) is 7.50. The molecule has 0 aliphatic carbocycles. The third-order valence-electron chi connectivity index (χ3n) is 3.81. The van der Waals surface area contributed by atoms with Crippen molar-refractivity contribution in [2.24, 2.45) is 0 Å². The fraction of sp³-hybridized carbons (Fsp3) is 0.353. The second kappa shape index (κ2) is 9.61. The van der Waals surface area contributed by atoms with Crippen molar-refractivity contribution in [1.82, 2.24) is 14.9 Å². The van der Waals surface area contributed by atoms with Gasteiger partial charge in [0.05, 0.1) is 0 Å². The third kappa shape index (κ3) is 5.48. The van der Waals surface area contributed by atoms with Crippen molar-refractivity contribution in [3.05, 3.63) is 45.2 Å². The SMILES string of the molecule is CCN(CC)CCSc1nc(N)c(NC(=O)c2ccc(Cl)cc2)c(=O)[nH]1. The van der Waals surface area contributed by atoms with Crippen molar-refractivity contribution in [3.63, 3.8) is 0 Å². The Balaban J connectivity index is 2.05. The lowest BCUT2D eigenvalue weighted by Crippen LogP contribution is -2.26. The van der Waals surface area contributed by atoms with Gasteiger partial charge in [-0.1, -0.05) is 37.2 Å². The number of benzene rings is 1. The molecule has 1 aromatic heterocycles. The number of anilines is 2. The molecule has 26 heavy (non-hydrogen) atoms. The summed E-state index contributed by atoms with van der Waals surface area (Å²) >= 11 is 7.22. The zero-order valence-electron chi connectivity index (χ0n) is 14.7. The summed E-state index contributed by atoms with van der Waals surface area (Å²) in [6.45, 7) is 7.03. The van der Waals surface area contributed by atoms with E-state index < -0.39 is 11.5 Å². The predicted molar refractivity (Wildman–Crippen MR) is 107 cm³/mol. The molecule has 0 saturated heterocycles. The number of thioether (sulfide) groups is 1. The highest BCUT2D eigenvalue weighted by Crippen LogP contribution is 2.18. The van der Waals surface area contributed by atoms with Gasteiger partial charge < -0.3 is 16.0 Å². The first kappa shape index (κ1) is 20.3. The minimum absolute atomic E-state index is 0.0126. The topological polar surface area (TPSA) is 104 Å². The van der Waals surface area contributed by atoms with Gasteiger partial charge in [-0.25, -0.2) is 4.98 Å². The van der Waals surface area contributed by atoms with E-state index >= 15 is 0 Å². The number of nitrogens with two attached hydrogens (primary N) is 1. The number of nitrogens with one attached hydrogen (secondary N) is 2. The Bertz CT molecular complexity index is 806. The Labute approximate surface area is 161 Å². The van der Waals surface area contributed by atoms with Crippen LogP contribution in [0.25, 0.3) is 0 Å². The van der Waals surface area contributed by atoms with Gasteiger partial charge >= 0.3 is 0 Å². The summed E-state index contributed by atoms with van der Waals surface area (Å²) in [6.07, 6.45) is 0. The van der Waals surface area contributed by atoms with E-state index in [2.05, 4.69) is 34.0 Å². The Morgan fingerprint density at radius 1 is 1.31 bits per heavy atom. The molecule has 9 heteroatoms. The van der Waals surface area contributed by atoms with E-state index in [0.29, 0.717) is 15.7 Å². The molecule has 7 nitrogen and oxygen atoms in total. The molecule has 0 atom stereocenters. The molecule has 2 rings (SSSR count). The van der Waals surface area contributed by atoms with Gasteiger partial charge in [-0.2, -0.15) is 0 Å². The minimum atomic E-state index is -0.481. The summed E-state index contributed by atoms with van der Waals surface area (Å²) in [6, 6.07) is 6.32. The Hall–Kier alpha value is -2.03. The zero-order chi connectivity index (χ0) is 19.1. The number of carbonyl (C=O) groups excluding carboxylic acids is 1. The normalized spacial score (nSPS) is 10.9. The number of hydrogen-bond donors (Lipinski definition) is 3. The number of H-pyrrole nitrogens is 1. The van der Waals surface area contributed by atoms with Gasteiger partial charge in [0, 0.05) is 22.9 Å². The van der Waals surface area contributed by atoms with Crippen LogP contribution in [0.2, 0.25) is 5.02 Å². The number of aromatic amines is 1. The first-order valence-electron chi connectivity index (χ1n) is 8.26. The summed E-state index contributed by atoms with van der Waals surface area (Å²) in [5.74, 6) is 0.310. The first-order chi connectivity index (χ1) is 12.4. The highest BCUT2D eigenvalue weighted by Gasteiger charge is 2.14. The molecular weight excluding hydrogens is 374 g/mol. The fourth-order valence-corrected chi connectivity index (χ4v) is 3.25. The fourth-order valence-electron chi connectivity index (χ4n) is 2.26. The van der Waals surface area contributed by atoms with Crippen LogP contribution in [-0.4, -0.2) is 46.2 Å². The number of nitrogens with zero attached hydrogens (tertiary/aromatic N) is 2. The zero-order valence-corrected chi connectivity index (χ0v) is 16.3. The maximum Gasteiger partial charge on any atom is 0.277 e. The summed E-state index contributed by atoms with van der Waals surface area (Å²) in [5, 5.41) is 3.46. The number of halogens is 1. The van der Waals surface area contributed by atoms with E-state index in [1.54, 1.807) is 24.3 Å². The molecule has 0 spiro atoms. The molecule has 0 bridgehead atoms. The summed E-state index contributed by atoms with van der Waals surface area (Å²) in [4.78, 5) is 33.6. The van der Waals surface area contributed by atoms with Crippen LogP contribution in [0.15, 0.2) is 34.2 Å². The van der Waals surface area contributed by atoms with Crippen molar-refractivity contribution < 1.29 is 4.79 Å². The molecular formula is C17H22ClN5O2S. The molecule has 140 valence electrons. The lowest BCUT2D eigenvalue weighted by atomic mass is 10.2. The molecule has 1 aromatic carbocycles. The lowest BCUT2D eigenvalue weighted by molar-refractivity contribution is 0.102. The van der Waals surface area contributed by atoms with Gasteiger partial charge in [-0.3, -0.25) is 14.6 Å². The lowest BCUT2D eigenvalue weighted by Gasteiger charge is -2.17. The number of rotatable bonds is 8. The Morgan fingerprint density at radius 2 is 1.96 bits per heavy atom. The van der Waals surface area contributed by atoms with Crippen molar-refractivity contribution in [1.29, 1.82) is 0 Å². The van der Waals surface area contributed by atoms with Gasteiger partial charge in [0.15, 0.2) is 11.0 Å². The van der Waals surface area contributed by atoms with Crippen LogP contribution >= 0.6 is 23.4 Å². The second-order valence-corrected chi connectivity index (χ2v) is 6.99. The highest BCUT2D eigenvalue weighted by atomic mass is 35.5. The van der Waals surface area contributed by atoms with Gasteiger partial charge in [0.25, 0.3) is 11.5 Å². The molecule has 0 aliphatic rings. The van der Waals surface area contributed by atoms with E-state index in [1.165, 1.54) is 11.8 Å². The molecule has 0 radical (unpaired) electrons. The van der Waals surface area contributed by atoms with Gasteiger partial charge in [0.1, 0.15) is 5.69 Å². The van der Waals surface area contributed by atoms with Crippen molar-refractivity contribution in [2.45, 2.75) is 19.0 Å². The van der Waals surface area contributed by atoms with Crippen LogP contribution < -0.4 is 16.6 Å². The van der Waals surface area contributed by atoms with Gasteiger partial charge in [-0.15, -0.1) is 0 Å². The maximum absolute atomic E-state index is 12.3. The largest absolute Gasteiger partial charge is 0.382 e. The summed E-state index contributed by atoms with van der Waals surface area (Å²) in [7, 11) is 0. The molecule has 0 unspecified atom stereocenters. The molecule has 0 saturated carbocycles. The first-order valence-corrected chi connectivity index (χ1v) is 9.62. The van der Waals surface area contributed by atoms with E-state index in [9.17, 15) is 9.59 Å². The van der Waals surface area contributed by atoms with Crippen molar-refractivity contribution in [2.75, 3.05) is 36.4 Å². The smallest absolute Gasteiger partial charge is 0.277 e. The minimum Gasteiger partial charge on any atom is -0.382 e. The van der Waals surface area contributed by atoms with Crippen LogP contribution in [0.4, 0.5) is 11.5 Å². The maximum atomic E-state index is 12.3. The third-order valence-corrected chi connectivity index (χ3v) is 4.92. The van der Waals surface area contributed by atoms with Crippen molar-refractivity contribution >= 4 is 40.8 Å².